The van der Waals surface area contributed by atoms with Crippen molar-refractivity contribution < 1.29 is 13.2 Å². The topological polar surface area (TPSA) is 29.9 Å². The fourth-order valence-electron chi connectivity index (χ4n) is 2.16. The molecule has 0 radical (unpaired) electrons. The van der Waals surface area contributed by atoms with Crippen LogP contribution < -0.4 is 5.32 Å². The Morgan fingerprint density at radius 2 is 1.90 bits per heavy atom. The molecule has 0 spiro atoms. The molecule has 1 aromatic carbocycles. The molecule has 2 aromatic rings. The average Bonchev–Trinajstić information content (AvgIpc) is 2.68. The normalized spacial score (nSPS) is 12.0. The molecule has 114 valence electrons. The highest BCUT2D eigenvalue weighted by molar-refractivity contribution is 5.34. The van der Waals surface area contributed by atoms with Crippen molar-refractivity contribution in [1.29, 1.82) is 0 Å². The number of alkyl halides is 3. The number of nitrogens with one attached hydrogen (secondary N) is 1. The minimum atomic E-state index is -4.35. The maximum Gasteiger partial charge on any atom is 0.416 e. The molecule has 0 unspecified atom stereocenters. The summed E-state index contributed by atoms with van der Waals surface area (Å²) in [5.74, 6) is 0.583. The molecule has 0 atom stereocenters. The van der Waals surface area contributed by atoms with Crippen LogP contribution in [0.4, 0.5) is 19.1 Å². The summed E-state index contributed by atoms with van der Waals surface area (Å²) >= 11 is 0. The lowest BCUT2D eigenvalue weighted by molar-refractivity contribution is -0.138. The SMILES string of the molecule is Cc1cn(Cc2ccccc2C(F)(F)F)c(NC(C)C)n1. The van der Waals surface area contributed by atoms with Gasteiger partial charge in [-0.1, -0.05) is 18.2 Å². The second-order valence-electron chi connectivity index (χ2n) is 5.29. The van der Waals surface area contributed by atoms with Crippen molar-refractivity contribution in [3.63, 3.8) is 0 Å². The molecule has 1 heterocycles. The van der Waals surface area contributed by atoms with Crippen molar-refractivity contribution >= 4 is 5.95 Å². The summed E-state index contributed by atoms with van der Waals surface area (Å²) in [5, 5.41) is 3.14. The van der Waals surface area contributed by atoms with E-state index in [-0.39, 0.29) is 18.2 Å². The number of hydrogen-bond acceptors (Lipinski definition) is 2. The van der Waals surface area contributed by atoms with Crippen LogP contribution in [0.15, 0.2) is 30.5 Å². The van der Waals surface area contributed by atoms with Gasteiger partial charge in [-0.05, 0) is 32.4 Å². The molecule has 1 N–H and O–H groups in total. The average molecular weight is 297 g/mol. The number of rotatable bonds is 4. The Morgan fingerprint density at radius 1 is 1.24 bits per heavy atom. The lowest BCUT2D eigenvalue weighted by Crippen LogP contribution is -2.16. The molecule has 0 saturated heterocycles. The van der Waals surface area contributed by atoms with Crippen molar-refractivity contribution in [2.75, 3.05) is 5.32 Å². The summed E-state index contributed by atoms with van der Waals surface area (Å²) in [4.78, 5) is 4.31. The van der Waals surface area contributed by atoms with E-state index in [1.54, 1.807) is 16.8 Å². The van der Waals surface area contributed by atoms with Gasteiger partial charge in [0.05, 0.1) is 17.8 Å². The zero-order chi connectivity index (χ0) is 15.6. The van der Waals surface area contributed by atoms with E-state index in [1.807, 2.05) is 20.8 Å². The van der Waals surface area contributed by atoms with Crippen LogP contribution in [-0.2, 0) is 12.7 Å². The monoisotopic (exact) mass is 297 g/mol. The molecule has 1 aromatic heterocycles. The predicted octanol–water partition coefficient (Wildman–Crippen LogP) is 4.08. The van der Waals surface area contributed by atoms with Gasteiger partial charge in [0.15, 0.2) is 0 Å². The molecule has 2 rings (SSSR count). The third-order valence-electron chi connectivity index (χ3n) is 2.98. The molecular formula is C15H18F3N3. The summed E-state index contributed by atoms with van der Waals surface area (Å²) in [6.07, 6.45) is -2.60. The zero-order valence-electron chi connectivity index (χ0n) is 12.2. The van der Waals surface area contributed by atoms with E-state index in [0.29, 0.717) is 5.95 Å². The van der Waals surface area contributed by atoms with Crippen LogP contribution in [0, 0.1) is 6.92 Å². The third kappa shape index (κ3) is 3.77. The van der Waals surface area contributed by atoms with Crippen molar-refractivity contribution in [1.82, 2.24) is 9.55 Å². The van der Waals surface area contributed by atoms with Gasteiger partial charge in [-0.3, -0.25) is 0 Å². The zero-order valence-corrected chi connectivity index (χ0v) is 12.2. The standard InChI is InChI=1S/C15H18F3N3/c1-10(2)19-14-20-11(3)8-21(14)9-12-6-4-5-7-13(12)15(16,17)18/h4-8,10H,9H2,1-3H3,(H,19,20). The Bertz CT molecular complexity index is 615. The van der Waals surface area contributed by atoms with Gasteiger partial charge in [0.1, 0.15) is 0 Å². The molecular weight excluding hydrogens is 279 g/mol. The highest BCUT2D eigenvalue weighted by Crippen LogP contribution is 2.32. The van der Waals surface area contributed by atoms with E-state index in [1.165, 1.54) is 12.1 Å². The first-order chi connectivity index (χ1) is 9.77. The fourth-order valence-corrected chi connectivity index (χ4v) is 2.16. The first-order valence-corrected chi connectivity index (χ1v) is 6.73. The number of aromatic nitrogens is 2. The van der Waals surface area contributed by atoms with E-state index in [0.717, 1.165) is 11.8 Å². The van der Waals surface area contributed by atoms with Crippen LogP contribution in [0.2, 0.25) is 0 Å². The molecule has 0 amide bonds. The second kappa shape index (κ2) is 5.79. The molecule has 0 saturated carbocycles. The van der Waals surface area contributed by atoms with Crippen molar-refractivity contribution in [3.8, 4) is 0 Å². The van der Waals surface area contributed by atoms with Crippen molar-refractivity contribution in [3.05, 3.63) is 47.3 Å². The Hall–Kier alpha value is -1.98. The van der Waals surface area contributed by atoms with Crippen LogP contribution in [0.25, 0.3) is 0 Å². The summed E-state index contributed by atoms with van der Waals surface area (Å²) < 4.78 is 40.8. The highest BCUT2D eigenvalue weighted by atomic mass is 19.4. The van der Waals surface area contributed by atoms with Crippen LogP contribution in [0.1, 0.15) is 30.7 Å². The van der Waals surface area contributed by atoms with E-state index in [2.05, 4.69) is 10.3 Å². The lowest BCUT2D eigenvalue weighted by atomic mass is 10.1. The number of benzene rings is 1. The first kappa shape index (κ1) is 15.4. The van der Waals surface area contributed by atoms with Gasteiger partial charge in [-0.25, -0.2) is 4.98 Å². The summed E-state index contributed by atoms with van der Waals surface area (Å²) in [6, 6.07) is 5.78. The van der Waals surface area contributed by atoms with Crippen LogP contribution in [0.3, 0.4) is 0 Å². The fraction of sp³-hybridized carbons (Fsp3) is 0.400. The van der Waals surface area contributed by atoms with Crippen molar-refractivity contribution in [2.24, 2.45) is 0 Å². The first-order valence-electron chi connectivity index (χ1n) is 6.73. The van der Waals surface area contributed by atoms with E-state index < -0.39 is 11.7 Å². The minimum absolute atomic E-state index is 0.131. The molecule has 3 nitrogen and oxygen atoms in total. The minimum Gasteiger partial charge on any atom is -0.353 e. The molecule has 0 aliphatic carbocycles. The van der Waals surface area contributed by atoms with E-state index in [9.17, 15) is 13.2 Å². The molecule has 0 aliphatic heterocycles. The maximum absolute atomic E-state index is 13.0. The summed E-state index contributed by atoms with van der Waals surface area (Å²) in [5.41, 5.74) is 0.392. The largest absolute Gasteiger partial charge is 0.416 e. The molecule has 21 heavy (non-hydrogen) atoms. The van der Waals surface area contributed by atoms with Gasteiger partial charge in [0.2, 0.25) is 5.95 Å². The van der Waals surface area contributed by atoms with Crippen LogP contribution >= 0.6 is 0 Å². The summed E-state index contributed by atoms with van der Waals surface area (Å²) in [7, 11) is 0. The van der Waals surface area contributed by atoms with Crippen LogP contribution in [-0.4, -0.2) is 15.6 Å². The maximum atomic E-state index is 13.0. The second-order valence-corrected chi connectivity index (χ2v) is 5.29. The number of halogens is 3. The highest BCUT2D eigenvalue weighted by Gasteiger charge is 2.33. The lowest BCUT2D eigenvalue weighted by Gasteiger charge is -2.15. The Balaban J connectivity index is 2.35. The van der Waals surface area contributed by atoms with E-state index in [4.69, 9.17) is 0 Å². The van der Waals surface area contributed by atoms with Crippen molar-refractivity contribution in [2.45, 2.75) is 39.5 Å². The van der Waals surface area contributed by atoms with Gasteiger partial charge in [-0.15, -0.1) is 0 Å². The van der Waals surface area contributed by atoms with Crippen LogP contribution in [0.5, 0.6) is 0 Å². The Labute approximate surface area is 121 Å². The number of aryl methyl sites for hydroxylation is 1. The molecule has 0 fully saturated rings. The van der Waals surface area contributed by atoms with Gasteiger partial charge in [-0.2, -0.15) is 13.2 Å². The molecule has 0 aliphatic rings. The smallest absolute Gasteiger partial charge is 0.353 e. The van der Waals surface area contributed by atoms with Gasteiger partial charge in [0, 0.05) is 12.2 Å². The third-order valence-corrected chi connectivity index (χ3v) is 2.98. The Kier molecular flexibility index (Phi) is 4.25. The number of nitrogens with zero attached hydrogens (tertiary/aromatic N) is 2. The summed E-state index contributed by atoms with van der Waals surface area (Å²) in [6.45, 7) is 5.86. The predicted molar refractivity (Wildman–Crippen MR) is 76.3 cm³/mol. The molecule has 6 heteroatoms. The quantitative estimate of drug-likeness (QED) is 0.921. The number of anilines is 1. The van der Waals surface area contributed by atoms with Gasteiger partial charge in [0.25, 0.3) is 0 Å². The van der Waals surface area contributed by atoms with E-state index >= 15 is 0 Å². The number of hydrogen-bond donors (Lipinski definition) is 1. The Morgan fingerprint density at radius 3 is 2.52 bits per heavy atom. The molecule has 0 bridgehead atoms. The van der Waals surface area contributed by atoms with Gasteiger partial charge < -0.3 is 9.88 Å². The van der Waals surface area contributed by atoms with Gasteiger partial charge >= 0.3 is 6.18 Å². The number of imidazole rings is 1.